The molecule has 2 rings (SSSR count). The van der Waals surface area contributed by atoms with Crippen LogP contribution in [0.2, 0.25) is 5.02 Å². The highest BCUT2D eigenvalue weighted by atomic mass is 35.5. The van der Waals surface area contributed by atoms with Crippen LogP contribution in [-0.4, -0.2) is 24.1 Å². The zero-order valence-electron chi connectivity index (χ0n) is 10.8. The molecule has 0 spiro atoms. The minimum Gasteiger partial charge on any atom is -0.497 e. The Labute approximate surface area is 117 Å². The summed E-state index contributed by atoms with van der Waals surface area (Å²) in [6.07, 6.45) is 1.40. The van der Waals surface area contributed by atoms with Crippen molar-refractivity contribution in [2.75, 3.05) is 24.8 Å². The van der Waals surface area contributed by atoms with Crippen LogP contribution in [0.15, 0.2) is 30.6 Å². The Kier molecular flexibility index (Phi) is 4.06. The van der Waals surface area contributed by atoms with Crippen molar-refractivity contribution in [1.82, 2.24) is 9.97 Å². The fourth-order valence-electron chi connectivity index (χ4n) is 1.72. The average Bonchev–Trinajstić information content (AvgIpc) is 2.42. The third kappa shape index (κ3) is 3.06. The van der Waals surface area contributed by atoms with Crippen molar-refractivity contribution in [3.63, 3.8) is 0 Å². The van der Waals surface area contributed by atoms with E-state index >= 15 is 0 Å². The molecular formula is C13H15ClN4O. The number of hydrogen-bond acceptors (Lipinski definition) is 5. The molecule has 5 nitrogen and oxygen atoms in total. The Morgan fingerprint density at radius 1 is 1.26 bits per heavy atom. The van der Waals surface area contributed by atoms with Gasteiger partial charge in [0.15, 0.2) is 5.82 Å². The molecule has 0 atom stereocenters. The molecule has 1 heterocycles. The number of ether oxygens (including phenoxy) is 1. The SMILES string of the molecule is COc1ccc(CN(C)c2ncnc(N)c2Cl)cc1. The summed E-state index contributed by atoms with van der Waals surface area (Å²) >= 11 is 6.09. The molecule has 0 aliphatic heterocycles. The highest BCUT2D eigenvalue weighted by Gasteiger charge is 2.11. The van der Waals surface area contributed by atoms with Gasteiger partial charge in [-0.25, -0.2) is 9.97 Å². The molecule has 2 N–H and O–H groups in total. The molecule has 1 aromatic heterocycles. The zero-order chi connectivity index (χ0) is 13.8. The Morgan fingerprint density at radius 2 is 1.95 bits per heavy atom. The lowest BCUT2D eigenvalue weighted by Gasteiger charge is -2.19. The maximum absolute atomic E-state index is 6.09. The lowest BCUT2D eigenvalue weighted by molar-refractivity contribution is 0.414. The van der Waals surface area contributed by atoms with Gasteiger partial charge in [-0.1, -0.05) is 23.7 Å². The normalized spacial score (nSPS) is 10.3. The van der Waals surface area contributed by atoms with E-state index in [2.05, 4.69) is 9.97 Å². The minimum atomic E-state index is 0.285. The van der Waals surface area contributed by atoms with Gasteiger partial charge in [0.25, 0.3) is 0 Å². The number of aromatic nitrogens is 2. The smallest absolute Gasteiger partial charge is 0.153 e. The average molecular weight is 279 g/mol. The summed E-state index contributed by atoms with van der Waals surface area (Å²) < 4.78 is 5.12. The van der Waals surface area contributed by atoms with Gasteiger partial charge in [0.1, 0.15) is 22.9 Å². The molecular weight excluding hydrogens is 264 g/mol. The third-order valence-electron chi connectivity index (χ3n) is 2.74. The van der Waals surface area contributed by atoms with E-state index in [0.717, 1.165) is 11.3 Å². The first-order chi connectivity index (χ1) is 9.11. The topological polar surface area (TPSA) is 64.3 Å². The van der Waals surface area contributed by atoms with Crippen LogP contribution in [0.3, 0.4) is 0 Å². The van der Waals surface area contributed by atoms with E-state index in [9.17, 15) is 0 Å². The molecule has 0 aliphatic rings. The number of benzene rings is 1. The van der Waals surface area contributed by atoms with Crippen molar-refractivity contribution in [2.24, 2.45) is 0 Å². The van der Waals surface area contributed by atoms with Crippen LogP contribution in [0, 0.1) is 0 Å². The van der Waals surface area contributed by atoms with Gasteiger partial charge >= 0.3 is 0 Å². The molecule has 2 aromatic rings. The van der Waals surface area contributed by atoms with Gasteiger partial charge in [-0.15, -0.1) is 0 Å². The van der Waals surface area contributed by atoms with Gasteiger partial charge in [0.05, 0.1) is 7.11 Å². The molecule has 0 bridgehead atoms. The van der Waals surface area contributed by atoms with Crippen LogP contribution in [-0.2, 0) is 6.54 Å². The summed E-state index contributed by atoms with van der Waals surface area (Å²) in [4.78, 5) is 9.91. The van der Waals surface area contributed by atoms with Crippen molar-refractivity contribution in [1.29, 1.82) is 0 Å². The predicted octanol–water partition coefficient (Wildman–Crippen LogP) is 2.36. The lowest BCUT2D eigenvalue weighted by Crippen LogP contribution is -2.18. The number of rotatable bonds is 4. The van der Waals surface area contributed by atoms with E-state index in [1.807, 2.05) is 36.2 Å². The van der Waals surface area contributed by atoms with E-state index in [1.165, 1.54) is 6.33 Å². The highest BCUT2D eigenvalue weighted by Crippen LogP contribution is 2.27. The van der Waals surface area contributed by atoms with Crippen molar-refractivity contribution in [3.05, 3.63) is 41.2 Å². The molecule has 0 fully saturated rings. The van der Waals surface area contributed by atoms with Gasteiger partial charge in [-0.2, -0.15) is 0 Å². The second-order valence-electron chi connectivity index (χ2n) is 4.10. The molecule has 0 saturated carbocycles. The number of nitrogens with zero attached hydrogens (tertiary/aromatic N) is 3. The van der Waals surface area contributed by atoms with E-state index in [4.69, 9.17) is 22.1 Å². The van der Waals surface area contributed by atoms with Crippen molar-refractivity contribution >= 4 is 23.2 Å². The molecule has 0 unspecified atom stereocenters. The Balaban J connectivity index is 2.15. The van der Waals surface area contributed by atoms with Crippen molar-refractivity contribution < 1.29 is 4.74 Å². The summed E-state index contributed by atoms with van der Waals surface area (Å²) in [5.41, 5.74) is 6.79. The number of hydrogen-bond donors (Lipinski definition) is 1. The number of nitrogens with two attached hydrogens (primary N) is 1. The van der Waals surface area contributed by atoms with E-state index in [0.29, 0.717) is 17.4 Å². The highest BCUT2D eigenvalue weighted by molar-refractivity contribution is 6.35. The first-order valence-electron chi connectivity index (χ1n) is 5.72. The molecule has 1 aromatic carbocycles. The number of methoxy groups -OCH3 is 1. The number of nitrogen functional groups attached to an aromatic ring is 1. The zero-order valence-corrected chi connectivity index (χ0v) is 11.6. The molecule has 100 valence electrons. The van der Waals surface area contributed by atoms with Gasteiger partial charge in [-0.05, 0) is 17.7 Å². The maximum Gasteiger partial charge on any atom is 0.153 e. The number of halogens is 1. The standard InChI is InChI=1S/C13H15ClN4O/c1-18(13-11(14)12(15)16-8-17-13)7-9-3-5-10(19-2)6-4-9/h3-6,8H,7H2,1-2H3,(H2,15,16,17). The monoisotopic (exact) mass is 278 g/mol. The summed E-state index contributed by atoms with van der Waals surface area (Å²) in [6.45, 7) is 0.667. The lowest BCUT2D eigenvalue weighted by atomic mass is 10.2. The maximum atomic E-state index is 6.09. The second-order valence-corrected chi connectivity index (χ2v) is 4.48. The summed E-state index contributed by atoms with van der Waals surface area (Å²) in [5, 5.41) is 0.374. The Morgan fingerprint density at radius 3 is 2.58 bits per heavy atom. The first-order valence-corrected chi connectivity index (χ1v) is 6.09. The quantitative estimate of drug-likeness (QED) is 0.930. The molecule has 0 amide bonds. The molecule has 0 aliphatic carbocycles. The fraction of sp³-hybridized carbons (Fsp3) is 0.231. The van der Waals surface area contributed by atoms with Gasteiger partial charge in [0.2, 0.25) is 0 Å². The Hall–Kier alpha value is -2.01. The largest absolute Gasteiger partial charge is 0.497 e. The first kappa shape index (κ1) is 13.4. The summed E-state index contributed by atoms with van der Waals surface area (Å²) in [6, 6.07) is 7.82. The van der Waals surface area contributed by atoms with Crippen LogP contribution in [0.1, 0.15) is 5.56 Å². The van der Waals surface area contributed by atoms with Crippen molar-refractivity contribution in [3.8, 4) is 5.75 Å². The van der Waals surface area contributed by atoms with E-state index in [1.54, 1.807) is 7.11 Å². The second kappa shape index (κ2) is 5.75. The van der Waals surface area contributed by atoms with E-state index < -0.39 is 0 Å². The van der Waals surface area contributed by atoms with Crippen LogP contribution < -0.4 is 15.4 Å². The van der Waals surface area contributed by atoms with Crippen LogP contribution in [0.25, 0.3) is 0 Å². The number of anilines is 2. The fourth-order valence-corrected chi connectivity index (χ4v) is 1.96. The van der Waals surface area contributed by atoms with Crippen LogP contribution in [0.5, 0.6) is 5.75 Å². The molecule has 0 saturated heterocycles. The Bertz CT molecular complexity index is 559. The molecule has 0 radical (unpaired) electrons. The summed E-state index contributed by atoms with van der Waals surface area (Å²) in [7, 11) is 3.54. The summed E-state index contributed by atoms with van der Waals surface area (Å²) in [5.74, 6) is 1.73. The predicted molar refractivity (Wildman–Crippen MR) is 76.6 cm³/mol. The van der Waals surface area contributed by atoms with Crippen LogP contribution >= 0.6 is 11.6 Å². The van der Waals surface area contributed by atoms with Gasteiger partial charge < -0.3 is 15.4 Å². The van der Waals surface area contributed by atoms with E-state index in [-0.39, 0.29) is 5.82 Å². The molecule has 19 heavy (non-hydrogen) atoms. The third-order valence-corrected chi connectivity index (χ3v) is 3.10. The van der Waals surface area contributed by atoms with Crippen LogP contribution in [0.4, 0.5) is 11.6 Å². The van der Waals surface area contributed by atoms with Crippen molar-refractivity contribution in [2.45, 2.75) is 6.54 Å². The van der Waals surface area contributed by atoms with Gasteiger partial charge in [0, 0.05) is 13.6 Å². The molecule has 6 heteroatoms. The minimum absolute atomic E-state index is 0.285. The van der Waals surface area contributed by atoms with Gasteiger partial charge in [-0.3, -0.25) is 0 Å².